The van der Waals surface area contributed by atoms with Gasteiger partial charge in [0, 0.05) is 28.3 Å². The van der Waals surface area contributed by atoms with Gasteiger partial charge in [-0.2, -0.15) is 0 Å². The van der Waals surface area contributed by atoms with Gasteiger partial charge in [0.25, 0.3) is 0 Å². The van der Waals surface area contributed by atoms with Crippen LogP contribution in [0.4, 0.5) is 0 Å². The van der Waals surface area contributed by atoms with Crippen molar-refractivity contribution in [1.29, 1.82) is 0 Å². The smallest absolute Gasteiger partial charge is 0.331 e. The molecule has 33 heavy (non-hydrogen) atoms. The predicted molar refractivity (Wildman–Crippen MR) is 125 cm³/mol. The van der Waals surface area contributed by atoms with Crippen LogP contribution in [0.1, 0.15) is 23.6 Å². The summed E-state index contributed by atoms with van der Waals surface area (Å²) in [6.07, 6.45) is 0.827. The second-order valence-corrected chi connectivity index (χ2v) is 8.18. The fourth-order valence-corrected chi connectivity index (χ4v) is 4.85. The average molecular weight is 447 g/mol. The van der Waals surface area contributed by atoms with E-state index in [-0.39, 0.29) is 12.4 Å². The van der Waals surface area contributed by atoms with Gasteiger partial charge in [0.2, 0.25) is 6.79 Å². The van der Waals surface area contributed by atoms with Crippen LogP contribution in [0.3, 0.4) is 0 Å². The van der Waals surface area contributed by atoms with E-state index in [1.54, 1.807) is 21.1 Å². The molecule has 0 aliphatic carbocycles. The first kappa shape index (κ1) is 21.0. The van der Waals surface area contributed by atoms with Gasteiger partial charge in [-0.3, -0.25) is 0 Å². The average Bonchev–Trinajstić information content (AvgIpc) is 3.27. The maximum absolute atomic E-state index is 12.1. The third-order valence-corrected chi connectivity index (χ3v) is 6.37. The molecule has 0 atom stereocenters. The lowest BCUT2D eigenvalue weighted by Crippen LogP contribution is -2.39. The zero-order chi connectivity index (χ0) is 23.3. The van der Waals surface area contributed by atoms with Gasteiger partial charge >= 0.3 is 5.97 Å². The minimum atomic E-state index is -0.957. The molecular weight excluding hydrogens is 422 g/mol. The number of fused-ring (bicyclic) bond motifs is 3. The van der Waals surface area contributed by atoms with Crippen molar-refractivity contribution in [2.75, 3.05) is 27.6 Å². The molecule has 0 radical (unpaired) electrons. The highest BCUT2D eigenvalue weighted by Crippen LogP contribution is 2.38. The SMILES string of the molecule is COc1ccc2c(=C3/NCCc4cc5c(cc43)OCO5)/c(=C(\C)C(=O)O)c(C)cc2c1OC. The third kappa shape index (κ3) is 3.23. The quantitative estimate of drug-likeness (QED) is 0.638. The van der Waals surface area contributed by atoms with Crippen LogP contribution in [0.15, 0.2) is 30.3 Å². The summed E-state index contributed by atoms with van der Waals surface area (Å²) in [6, 6.07) is 9.78. The Morgan fingerprint density at radius 3 is 2.52 bits per heavy atom. The van der Waals surface area contributed by atoms with Crippen molar-refractivity contribution in [3.05, 3.63) is 57.5 Å². The second kappa shape index (κ2) is 7.92. The van der Waals surface area contributed by atoms with Crippen LogP contribution in [-0.2, 0) is 11.2 Å². The minimum Gasteiger partial charge on any atom is -0.493 e. The molecule has 2 N–H and O–H groups in total. The molecule has 0 spiro atoms. The number of ether oxygens (including phenoxy) is 4. The van der Waals surface area contributed by atoms with Gasteiger partial charge in [-0.1, -0.05) is 0 Å². The standard InChI is InChI=1S/C26H25NO6/c1-13-9-18-16(5-6-19(30-3)25(18)31-4)23(22(13)14(2)26(28)29)24-17-11-21-20(32-12-33-21)10-15(17)7-8-27-24/h5-6,9-11,27H,7-8,12H2,1-4H3,(H,28,29)/b22-14+,24-23-. The van der Waals surface area contributed by atoms with Gasteiger partial charge in [-0.15, -0.1) is 0 Å². The lowest BCUT2D eigenvalue weighted by Gasteiger charge is -2.23. The lowest BCUT2D eigenvalue weighted by molar-refractivity contribution is -0.130. The van der Waals surface area contributed by atoms with E-state index < -0.39 is 5.97 Å². The monoisotopic (exact) mass is 447 g/mol. The third-order valence-electron chi connectivity index (χ3n) is 6.37. The number of nitrogens with one attached hydrogen (secondary N) is 1. The summed E-state index contributed by atoms with van der Waals surface area (Å²) >= 11 is 0. The molecule has 3 aromatic rings. The molecule has 0 bridgehead atoms. The fraction of sp³-hybridized carbons (Fsp3) is 0.269. The molecule has 7 heteroatoms. The van der Waals surface area contributed by atoms with Gasteiger partial charge < -0.3 is 29.4 Å². The summed E-state index contributed by atoms with van der Waals surface area (Å²) in [5.74, 6) is 1.70. The van der Waals surface area contributed by atoms with Crippen LogP contribution >= 0.6 is 0 Å². The first-order chi connectivity index (χ1) is 15.9. The van der Waals surface area contributed by atoms with Crippen LogP contribution in [0.5, 0.6) is 23.0 Å². The van der Waals surface area contributed by atoms with Gasteiger partial charge in [0.05, 0.1) is 19.9 Å². The Hall–Kier alpha value is -3.87. The molecule has 170 valence electrons. The molecule has 0 aromatic heterocycles. The van der Waals surface area contributed by atoms with Crippen molar-refractivity contribution in [2.45, 2.75) is 20.3 Å². The number of carboxylic acid groups (broad SMARTS) is 1. The molecule has 0 saturated heterocycles. The molecule has 0 saturated carbocycles. The van der Waals surface area contributed by atoms with E-state index in [4.69, 9.17) is 18.9 Å². The lowest BCUT2D eigenvalue weighted by atomic mass is 9.91. The Balaban J connectivity index is 2.03. The summed E-state index contributed by atoms with van der Waals surface area (Å²) < 4.78 is 22.4. The number of aliphatic carboxylic acids is 1. The van der Waals surface area contributed by atoms with Gasteiger partial charge in [-0.05, 0) is 72.3 Å². The van der Waals surface area contributed by atoms with E-state index in [1.807, 2.05) is 37.3 Å². The second-order valence-electron chi connectivity index (χ2n) is 8.18. The maximum atomic E-state index is 12.1. The number of hydrogen-bond acceptors (Lipinski definition) is 6. The summed E-state index contributed by atoms with van der Waals surface area (Å²) in [7, 11) is 3.21. The number of benzene rings is 3. The Kier molecular flexibility index (Phi) is 5.04. The van der Waals surface area contributed by atoms with Gasteiger partial charge in [0.15, 0.2) is 23.0 Å². The highest BCUT2D eigenvalue weighted by Gasteiger charge is 2.24. The molecular formula is C26H25NO6. The number of methoxy groups -OCH3 is 2. The molecule has 3 aromatic carbocycles. The molecule has 2 aliphatic heterocycles. The van der Waals surface area contributed by atoms with Crippen molar-refractivity contribution < 1.29 is 28.8 Å². The van der Waals surface area contributed by atoms with Crippen LogP contribution in [0.2, 0.25) is 0 Å². The van der Waals surface area contributed by atoms with Crippen molar-refractivity contribution in [2.24, 2.45) is 0 Å². The van der Waals surface area contributed by atoms with Gasteiger partial charge in [0.1, 0.15) is 0 Å². The van der Waals surface area contributed by atoms with Crippen molar-refractivity contribution >= 4 is 28.0 Å². The minimum absolute atomic E-state index is 0.197. The zero-order valence-corrected chi connectivity index (χ0v) is 19.0. The molecule has 0 amide bonds. The number of carboxylic acids is 1. The van der Waals surface area contributed by atoms with E-state index >= 15 is 0 Å². The number of rotatable bonds is 3. The highest BCUT2D eigenvalue weighted by atomic mass is 16.7. The largest absolute Gasteiger partial charge is 0.493 e. The Morgan fingerprint density at radius 1 is 1.06 bits per heavy atom. The summed E-state index contributed by atoms with van der Waals surface area (Å²) in [6.45, 7) is 4.48. The maximum Gasteiger partial charge on any atom is 0.331 e. The molecule has 2 aliphatic rings. The number of aryl methyl sites for hydroxylation is 1. The summed E-state index contributed by atoms with van der Waals surface area (Å²) in [5, 5.41) is 16.7. The molecule has 0 unspecified atom stereocenters. The van der Waals surface area contributed by atoms with Crippen molar-refractivity contribution in [3.8, 4) is 23.0 Å². The first-order valence-corrected chi connectivity index (χ1v) is 10.7. The Labute approximate surface area is 190 Å². The van der Waals surface area contributed by atoms with E-state index in [9.17, 15) is 9.90 Å². The normalized spacial score (nSPS) is 16.7. The van der Waals surface area contributed by atoms with E-state index in [0.717, 1.165) is 57.1 Å². The predicted octanol–water partition coefficient (Wildman–Crippen LogP) is 2.45. The number of carbonyl (C=O) groups is 1. The van der Waals surface area contributed by atoms with Crippen molar-refractivity contribution in [3.63, 3.8) is 0 Å². The van der Waals surface area contributed by atoms with Crippen LogP contribution in [0.25, 0.3) is 22.0 Å². The zero-order valence-electron chi connectivity index (χ0n) is 19.0. The number of hydrogen-bond donors (Lipinski definition) is 2. The van der Waals surface area contributed by atoms with Crippen LogP contribution in [0, 0.1) is 6.92 Å². The Morgan fingerprint density at radius 2 is 1.82 bits per heavy atom. The Bertz CT molecular complexity index is 1440. The van der Waals surface area contributed by atoms with E-state index in [0.29, 0.717) is 22.5 Å². The molecule has 2 heterocycles. The van der Waals surface area contributed by atoms with Crippen LogP contribution < -0.4 is 34.7 Å². The van der Waals surface area contributed by atoms with Gasteiger partial charge in [-0.25, -0.2) is 4.79 Å². The molecule has 5 rings (SSSR count). The molecule has 0 fully saturated rings. The first-order valence-electron chi connectivity index (χ1n) is 10.7. The topological polar surface area (TPSA) is 86.2 Å². The van der Waals surface area contributed by atoms with Crippen LogP contribution in [-0.4, -0.2) is 38.6 Å². The molecule has 7 nitrogen and oxygen atoms in total. The van der Waals surface area contributed by atoms with Crippen molar-refractivity contribution in [1.82, 2.24) is 5.32 Å². The highest BCUT2D eigenvalue weighted by molar-refractivity contribution is 6.08. The fourth-order valence-electron chi connectivity index (χ4n) is 4.85. The summed E-state index contributed by atoms with van der Waals surface area (Å²) in [5.41, 5.74) is 4.09. The van der Waals surface area contributed by atoms with E-state index in [2.05, 4.69) is 5.32 Å². The summed E-state index contributed by atoms with van der Waals surface area (Å²) in [4.78, 5) is 12.1. The van der Waals surface area contributed by atoms with E-state index in [1.165, 1.54) is 0 Å².